The van der Waals surface area contributed by atoms with Gasteiger partial charge in [-0.05, 0) is 74.3 Å². The maximum Gasteiger partial charge on any atom is 0.311 e. The van der Waals surface area contributed by atoms with E-state index < -0.39 is 23.5 Å². The molecule has 0 saturated heterocycles. The fraction of sp³-hybridized carbons (Fsp3) is 0.478. The highest BCUT2D eigenvalue weighted by Gasteiger charge is 2.49. The summed E-state index contributed by atoms with van der Waals surface area (Å²) in [5.41, 5.74) is -0.664. The minimum atomic E-state index is -3.82. The summed E-state index contributed by atoms with van der Waals surface area (Å²) in [7, 11) is 0. The van der Waals surface area contributed by atoms with Crippen molar-refractivity contribution in [3.63, 3.8) is 0 Å². The van der Waals surface area contributed by atoms with Crippen LogP contribution in [0.25, 0.3) is 5.57 Å². The van der Waals surface area contributed by atoms with Gasteiger partial charge in [0, 0.05) is 5.57 Å². The van der Waals surface area contributed by atoms with Crippen molar-refractivity contribution in [3.05, 3.63) is 60.1 Å². The minimum Gasteiger partial charge on any atom is -0.494 e. The summed E-state index contributed by atoms with van der Waals surface area (Å²) in [6.45, 7) is 5.95. The number of ether oxygens (including phenoxy) is 2. The van der Waals surface area contributed by atoms with Crippen LogP contribution in [0.2, 0.25) is 0 Å². The first kappa shape index (κ1) is 21.5. The van der Waals surface area contributed by atoms with Gasteiger partial charge < -0.3 is 9.47 Å². The van der Waals surface area contributed by atoms with E-state index in [0.717, 1.165) is 37.8 Å². The van der Waals surface area contributed by atoms with Gasteiger partial charge in [-0.25, -0.2) is 8.78 Å². The summed E-state index contributed by atoms with van der Waals surface area (Å²) in [6, 6.07) is 3.52. The zero-order valence-electron chi connectivity index (χ0n) is 16.5. The molecule has 0 aliphatic heterocycles. The van der Waals surface area contributed by atoms with Crippen LogP contribution in [-0.4, -0.2) is 25.3 Å². The van der Waals surface area contributed by atoms with Gasteiger partial charge in [-0.3, -0.25) is 0 Å². The maximum absolute atomic E-state index is 14.7. The Morgan fingerprint density at radius 3 is 2.48 bits per heavy atom. The molecule has 2 aliphatic rings. The fourth-order valence-electron chi connectivity index (χ4n) is 3.83. The monoisotopic (exact) mass is 410 g/mol. The second kappa shape index (κ2) is 9.06. The van der Waals surface area contributed by atoms with Gasteiger partial charge in [0.2, 0.25) is 6.17 Å². The lowest BCUT2D eigenvalue weighted by Crippen LogP contribution is -2.36. The normalized spacial score (nSPS) is 26.3. The van der Waals surface area contributed by atoms with Crippen molar-refractivity contribution in [3.8, 4) is 5.75 Å². The largest absolute Gasteiger partial charge is 0.494 e. The average molecular weight is 410 g/mol. The molecule has 1 unspecified atom stereocenters. The predicted octanol–water partition coefficient (Wildman–Crippen LogP) is 6.49. The van der Waals surface area contributed by atoms with Gasteiger partial charge in [-0.1, -0.05) is 12.1 Å². The molecular formula is C23H26F4O2. The molecule has 29 heavy (non-hydrogen) atoms. The number of benzene rings is 1. The molecule has 3 rings (SSSR count). The summed E-state index contributed by atoms with van der Waals surface area (Å²) in [5, 5.41) is 0. The van der Waals surface area contributed by atoms with Gasteiger partial charge >= 0.3 is 5.92 Å². The second-order valence-corrected chi connectivity index (χ2v) is 7.54. The summed E-state index contributed by atoms with van der Waals surface area (Å²) in [6.07, 6.45) is 5.44. The van der Waals surface area contributed by atoms with Gasteiger partial charge in [0.15, 0.2) is 11.6 Å². The van der Waals surface area contributed by atoms with Crippen molar-refractivity contribution >= 4 is 5.57 Å². The van der Waals surface area contributed by atoms with E-state index in [4.69, 9.17) is 9.47 Å². The molecule has 0 N–H and O–H groups in total. The van der Waals surface area contributed by atoms with E-state index in [2.05, 4.69) is 6.58 Å². The fourth-order valence-corrected chi connectivity index (χ4v) is 3.83. The molecule has 0 amide bonds. The first-order chi connectivity index (χ1) is 13.9. The van der Waals surface area contributed by atoms with Crippen LogP contribution in [0.15, 0.2) is 48.8 Å². The molecule has 0 heterocycles. The van der Waals surface area contributed by atoms with Crippen molar-refractivity contribution in [1.29, 1.82) is 0 Å². The van der Waals surface area contributed by atoms with Gasteiger partial charge in [0.05, 0.1) is 13.2 Å². The Bertz CT molecular complexity index is 792. The summed E-state index contributed by atoms with van der Waals surface area (Å²) in [4.78, 5) is 0. The molecule has 2 aliphatic carbocycles. The zero-order valence-corrected chi connectivity index (χ0v) is 16.5. The first-order valence-corrected chi connectivity index (χ1v) is 9.99. The molecule has 0 radical (unpaired) electrons. The molecule has 6 heteroatoms. The third kappa shape index (κ3) is 4.68. The zero-order chi connectivity index (χ0) is 21.0. The van der Waals surface area contributed by atoms with Crippen molar-refractivity contribution in [1.82, 2.24) is 0 Å². The Morgan fingerprint density at radius 1 is 1.14 bits per heavy atom. The Morgan fingerprint density at radius 2 is 1.86 bits per heavy atom. The molecule has 0 aromatic heterocycles. The molecule has 1 aromatic rings. The van der Waals surface area contributed by atoms with E-state index in [1.807, 2.05) is 6.08 Å². The topological polar surface area (TPSA) is 18.5 Å². The lowest BCUT2D eigenvalue weighted by atomic mass is 9.82. The number of allylic oxidation sites excluding steroid dienone is 5. The van der Waals surface area contributed by atoms with E-state index >= 15 is 0 Å². The second-order valence-electron chi connectivity index (χ2n) is 7.54. The van der Waals surface area contributed by atoms with E-state index in [1.165, 1.54) is 18.2 Å². The number of rotatable bonds is 7. The molecule has 1 aromatic carbocycles. The van der Waals surface area contributed by atoms with Crippen LogP contribution >= 0.6 is 0 Å². The van der Waals surface area contributed by atoms with Gasteiger partial charge in [0.1, 0.15) is 5.76 Å². The van der Waals surface area contributed by atoms with E-state index in [-0.39, 0.29) is 36.2 Å². The molecule has 0 bridgehead atoms. The average Bonchev–Trinajstić information content (AvgIpc) is 2.71. The molecule has 0 spiro atoms. The molecule has 1 saturated carbocycles. The minimum absolute atomic E-state index is 0.0292. The van der Waals surface area contributed by atoms with Crippen molar-refractivity contribution in [2.45, 2.75) is 44.7 Å². The Labute approximate surface area is 168 Å². The molecule has 1 atom stereocenters. The Balaban J connectivity index is 1.72. The van der Waals surface area contributed by atoms with Crippen LogP contribution in [0.1, 0.15) is 38.2 Å². The molecule has 158 valence electrons. The Kier molecular flexibility index (Phi) is 6.70. The van der Waals surface area contributed by atoms with Crippen LogP contribution in [0.5, 0.6) is 5.75 Å². The lowest BCUT2D eigenvalue weighted by molar-refractivity contribution is -0.0326. The lowest BCUT2D eigenvalue weighted by Gasteiger charge is -2.31. The summed E-state index contributed by atoms with van der Waals surface area (Å²) < 4.78 is 68.6. The molecule has 1 fully saturated rings. The highest BCUT2D eigenvalue weighted by atomic mass is 19.3. The smallest absolute Gasteiger partial charge is 0.311 e. The molecular weight excluding hydrogens is 384 g/mol. The van der Waals surface area contributed by atoms with Gasteiger partial charge in [-0.15, -0.1) is 6.58 Å². The number of alkyl halides is 3. The van der Waals surface area contributed by atoms with Crippen molar-refractivity contribution < 1.29 is 27.0 Å². The first-order valence-electron chi connectivity index (χ1n) is 9.99. The third-order valence-electron chi connectivity index (χ3n) is 5.59. The van der Waals surface area contributed by atoms with Crippen LogP contribution in [-0.2, 0) is 4.74 Å². The van der Waals surface area contributed by atoms with Gasteiger partial charge in [0.25, 0.3) is 0 Å². The number of halogens is 4. The van der Waals surface area contributed by atoms with Gasteiger partial charge in [-0.2, -0.15) is 8.78 Å². The summed E-state index contributed by atoms with van der Waals surface area (Å²) >= 11 is 0. The number of hydrogen-bond acceptors (Lipinski definition) is 2. The molecule has 2 nitrogen and oxygen atoms in total. The SMILES string of the molecule is C=CC1CCC(COC2=CC=C(c3ccc(OCC)c(F)c3)C(F)(F)C2F)CC1. The van der Waals surface area contributed by atoms with E-state index in [9.17, 15) is 17.6 Å². The van der Waals surface area contributed by atoms with E-state index in [0.29, 0.717) is 5.92 Å². The van der Waals surface area contributed by atoms with Crippen LogP contribution in [0, 0.1) is 17.7 Å². The highest BCUT2D eigenvalue weighted by Crippen LogP contribution is 2.43. The third-order valence-corrected chi connectivity index (χ3v) is 5.59. The number of hydrogen-bond donors (Lipinski definition) is 0. The highest BCUT2D eigenvalue weighted by molar-refractivity contribution is 5.75. The van der Waals surface area contributed by atoms with Crippen molar-refractivity contribution in [2.75, 3.05) is 13.2 Å². The standard InChI is InChI=1S/C23H26F4O2/c1-3-15-5-7-16(8-6-15)14-29-21-12-10-18(23(26,27)22(21)25)17-9-11-20(28-4-2)19(24)13-17/h3,9-13,15-16,22H,1,4-8,14H2,2H3. The van der Waals surface area contributed by atoms with Crippen LogP contribution in [0.3, 0.4) is 0 Å². The predicted molar refractivity (Wildman–Crippen MR) is 105 cm³/mol. The van der Waals surface area contributed by atoms with Crippen LogP contribution in [0.4, 0.5) is 17.6 Å². The quantitative estimate of drug-likeness (QED) is 0.378. The maximum atomic E-state index is 14.7. The van der Waals surface area contributed by atoms with Crippen molar-refractivity contribution in [2.24, 2.45) is 11.8 Å². The Hall–Kier alpha value is -2.24. The summed E-state index contributed by atoms with van der Waals surface area (Å²) in [5.74, 6) is -4.28. The van der Waals surface area contributed by atoms with E-state index in [1.54, 1.807) is 6.92 Å². The van der Waals surface area contributed by atoms with Crippen LogP contribution < -0.4 is 4.74 Å².